The Balaban J connectivity index is 0.00000441. The van der Waals surface area contributed by atoms with Crippen molar-refractivity contribution in [1.82, 2.24) is 25.3 Å². The minimum absolute atomic E-state index is 0. The van der Waals surface area contributed by atoms with Gasteiger partial charge >= 0.3 is 0 Å². The molecule has 0 radical (unpaired) electrons. The van der Waals surface area contributed by atoms with Crippen molar-refractivity contribution in [1.29, 1.82) is 0 Å². The van der Waals surface area contributed by atoms with Crippen molar-refractivity contribution in [3.63, 3.8) is 0 Å². The first-order valence-electron chi connectivity index (χ1n) is 13.6. The lowest BCUT2D eigenvalue weighted by Crippen LogP contribution is -2.48. The maximum atomic E-state index is 13.4. The van der Waals surface area contributed by atoms with Crippen LogP contribution in [0.15, 0.2) is 40.9 Å². The lowest BCUT2D eigenvalue weighted by Gasteiger charge is -2.29. The minimum Gasteiger partial charge on any atom is -0.376 e. The molecule has 2 amide bonds. The van der Waals surface area contributed by atoms with Crippen LogP contribution in [0.5, 0.6) is 0 Å². The molecule has 0 aliphatic heterocycles. The first kappa shape index (κ1) is 31.1. The molecular formula is C30H41ClN6O3. The Bertz CT molecular complexity index is 1320. The van der Waals surface area contributed by atoms with Gasteiger partial charge in [0.05, 0.1) is 13.1 Å². The predicted octanol–water partition coefficient (Wildman–Crippen LogP) is 3.95. The van der Waals surface area contributed by atoms with Crippen molar-refractivity contribution in [2.75, 3.05) is 38.5 Å². The number of carbonyl (C=O) groups excluding carboxylic acids is 2. The van der Waals surface area contributed by atoms with E-state index in [9.17, 15) is 9.59 Å². The molecule has 0 saturated carbocycles. The average molecular weight is 569 g/mol. The van der Waals surface area contributed by atoms with Crippen LogP contribution in [0.2, 0.25) is 0 Å². The van der Waals surface area contributed by atoms with Crippen LogP contribution in [0.1, 0.15) is 42.0 Å². The lowest BCUT2D eigenvalue weighted by molar-refractivity contribution is -0.140. The first-order chi connectivity index (χ1) is 18.6. The van der Waals surface area contributed by atoms with Crippen LogP contribution >= 0.6 is 12.4 Å². The smallest absolute Gasteiger partial charge is 0.242 e. The summed E-state index contributed by atoms with van der Waals surface area (Å²) in [7, 11) is 1.86. The van der Waals surface area contributed by atoms with Crippen LogP contribution in [0.25, 0.3) is 11.4 Å². The summed E-state index contributed by atoms with van der Waals surface area (Å²) in [5, 5.41) is 10.6. The average Bonchev–Trinajstić information content (AvgIpc) is 3.54. The van der Waals surface area contributed by atoms with Crippen LogP contribution in [0.3, 0.4) is 0 Å². The van der Waals surface area contributed by atoms with Gasteiger partial charge in [0.25, 0.3) is 0 Å². The quantitative estimate of drug-likeness (QED) is 0.361. The Morgan fingerprint density at radius 1 is 1.07 bits per heavy atom. The van der Waals surface area contributed by atoms with Crippen molar-refractivity contribution in [3.05, 3.63) is 64.5 Å². The number of aromatic nitrogens is 2. The van der Waals surface area contributed by atoms with Crippen LogP contribution in [0, 0.1) is 20.8 Å². The Kier molecular flexibility index (Phi) is 10.7. The zero-order valence-corrected chi connectivity index (χ0v) is 25.1. The predicted molar refractivity (Wildman–Crippen MR) is 160 cm³/mol. The van der Waals surface area contributed by atoms with E-state index in [1.54, 1.807) is 11.8 Å². The Labute approximate surface area is 243 Å². The molecule has 0 fully saturated rings. The first-order valence-corrected chi connectivity index (χ1v) is 13.6. The molecule has 10 heteroatoms. The number of amides is 2. The van der Waals surface area contributed by atoms with Gasteiger partial charge in [-0.25, -0.2) is 0 Å². The molecule has 0 spiro atoms. The van der Waals surface area contributed by atoms with E-state index in [1.165, 1.54) is 16.7 Å². The molecule has 1 atom stereocenters. The standard InChI is InChI=1S/C30H40N6O3.ClH/c1-19(2)31-12-13-36(18-29(38)35(6)25-14-23-9-7-8-20(3)26(23)16-25)28(37)17-32-27-15-24(11-10-21(27)4)30-33-22(5)39-34-30;/h7-11,15,19,25,31-32H,12-14,16-18H2,1-6H3;1H. The topological polar surface area (TPSA) is 104 Å². The highest BCUT2D eigenvalue weighted by Gasteiger charge is 2.29. The molecule has 1 heterocycles. The molecule has 1 aromatic heterocycles. The third kappa shape index (κ3) is 7.61. The molecule has 1 unspecified atom stereocenters. The minimum atomic E-state index is -0.131. The lowest BCUT2D eigenvalue weighted by atomic mass is 10.1. The van der Waals surface area contributed by atoms with Gasteiger partial charge in [0.1, 0.15) is 0 Å². The molecule has 1 aliphatic rings. The number of nitrogens with zero attached hydrogens (tertiary/aromatic N) is 4. The van der Waals surface area contributed by atoms with Gasteiger partial charge in [-0.2, -0.15) is 4.98 Å². The van der Waals surface area contributed by atoms with Gasteiger partial charge in [0.2, 0.25) is 23.5 Å². The van der Waals surface area contributed by atoms with E-state index in [0.29, 0.717) is 24.8 Å². The fourth-order valence-electron chi connectivity index (χ4n) is 4.99. The van der Waals surface area contributed by atoms with Crippen molar-refractivity contribution < 1.29 is 14.1 Å². The molecule has 2 aromatic carbocycles. The normalized spacial score (nSPS) is 14.0. The van der Waals surface area contributed by atoms with E-state index in [0.717, 1.165) is 29.7 Å². The molecule has 216 valence electrons. The summed E-state index contributed by atoms with van der Waals surface area (Å²) in [5.74, 6) is 0.815. The fraction of sp³-hybridized carbons (Fsp3) is 0.467. The Morgan fingerprint density at radius 2 is 1.85 bits per heavy atom. The number of likely N-dealkylation sites (N-methyl/N-ethyl adjacent to an activating group) is 1. The van der Waals surface area contributed by atoms with E-state index in [1.807, 2.05) is 37.1 Å². The summed E-state index contributed by atoms with van der Waals surface area (Å²) in [6.07, 6.45) is 1.70. The zero-order valence-electron chi connectivity index (χ0n) is 24.3. The molecule has 3 aromatic rings. The van der Waals surface area contributed by atoms with Crippen molar-refractivity contribution in [3.8, 4) is 11.4 Å². The molecule has 40 heavy (non-hydrogen) atoms. The number of rotatable bonds is 11. The van der Waals surface area contributed by atoms with E-state index < -0.39 is 0 Å². The van der Waals surface area contributed by atoms with Crippen LogP contribution < -0.4 is 10.6 Å². The molecule has 9 nitrogen and oxygen atoms in total. The van der Waals surface area contributed by atoms with Gasteiger partial charge in [-0.1, -0.05) is 49.3 Å². The summed E-state index contributed by atoms with van der Waals surface area (Å²) in [6, 6.07) is 12.5. The highest BCUT2D eigenvalue weighted by atomic mass is 35.5. The summed E-state index contributed by atoms with van der Waals surface area (Å²) >= 11 is 0. The Hall–Kier alpha value is -3.43. The molecule has 1 aliphatic carbocycles. The van der Waals surface area contributed by atoms with E-state index in [2.05, 4.69) is 59.7 Å². The second-order valence-electron chi connectivity index (χ2n) is 10.7. The summed E-state index contributed by atoms with van der Waals surface area (Å²) < 4.78 is 5.11. The SMILES string of the molecule is Cc1nc(-c2ccc(C)c(NCC(=O)N(CCNC(C)C)CC(=O)N(C)C3Cc4cccc(C)c4C3)c2)no1.Cl. The third-order valence-electron chi connectivity index (χ3n) is 7.41. The molecule has 2 N–H and O–H groups in total. The monoisotopic (exact) mass is 568 g/mol. The van der Waals surface area contributed by atoms with E-state index in [-0.39, 0.29) is 49.4 Å². The van der Waals surface area contributed by atoms with Gasteiger partial charge in [0.15, 0.2) is 0 Å². The van der Waals surface area contributed by atoms with Gasteiger partial charge in [-0.15, -0.1) is 12.4 Å². The summed E-state index contributed by atoms with van der Waals surface area (Å²) in [4.78, 5) is 34.5. The van der Waals surface area contributed by atoms with Crippen LogP contribution in [-0.4, -0.2) is 77.1 Å². The number of fused-ring (bicyclic) bond motifs is 1. The van der Waals surface area contributed by atoms with Crippen LogP contribution in [0.4, 0.5) is 5.69 Å². The summed E-state index contributed by atoms with van der Waals surface area (Å²) in [5.41, 5.74) is 6.53. The maximum absolute atomic E-state index is 13.4. The summed E-state index contributed by atoms with van der Waals surface area (Å²) in [6.45, 7) is 11.1. The van der Waals surface area contributed by atoms with E-state index >= 15 is 0 Å². The number of carbonyl (C=O) groups is 2. The Morgan fingerprint density at radius 3 is 2.52 bits per heavy atom. The second-order valence-corrected chi connectivity index (χ2v) is 10.7. The van der Waals surface area contributed by atoms with Crippen molar-refractivity contribution in [2.45, 2.75) is 59.5 Å². The van der Waals surface area contributed by atoms with Gasteiger partial charge in [-0.3, -0.25) is 9.59 Å². The largest absolute Gasteiger partial charge is 0.376 e. The number of anilines is 1. The van der Waals surface area contributed by atoms with Crippen molar-refractivity contribution in [2.24, 2.45) is 0 Å². The third-order valence-corrected chi connectivity index (χ3v) is 7.41. The van der Waals surface area contributed by atoms with Gasteiger partial charge < -0.3 is 25.0 Å². The number of halogens is 1. The number of aryl methyl sites for hydroxylation is 3. The molecule has 4 rings (SSSR count). The highest BCUT2D eigenvalue weighted by Crippen LogP contribution is 2.28. The molecular weight excluding hydrogens is 528 g/mol. The number of hydrogen-bond acceptors (Lipinski definition) is 7. The zero-order chi connectivity index (χ0) is 28.1. The van der Waals surface area contributed by atoms with Gasteiger partial charge in [-0.05, 0) is 55.0 Å². The second kappa shape index (κ2) is 13.8. The molecule has 0 saturated heterocycles. The highest BCUT2D eigenvalue weighted by molar-refractivity contribution is 5.87. The number of hydrogen-bond donors (Lipinski definition) is 2. The number of benzene rings is 2. The van der Waals surface area contributed by atoms with E-state index in [4.69, 9.17) is 4.52 Å². The van der Waals surface area contributed by atoms with Crippen LogP contribution in [-0.2, 0) is 22.4 Å². The molecule has 0 bridgehead atoms. The van der Waals surface area contributed by atoms with Gasteiger partial charge in [0, 0.05) is 50.4 Å². The maximum Gasteiger partial charge on any atom is 0.242 e. The van der Waals surface area contributed by atoms with Crippen molar-refractivity contribution >= 4 is 29.9 Å². The fourth-order valence-corrected chi connectivity index (χ4v) is 4.99. The number of nitrogens with one attached hydrogen (secondary N) is 2.